The van der Waals surface area contributed by atoms with Crippen LogP contribution in [0.15, 0.2) is 43.0 Å². The summed E-state index contributed by atoms with van der Waals surface area (Å²) in [6.45, 7) is 3.81. The summed E-state index contributed by atoms with van der Waals surface area (Å²) >= 11 is 0. The molecule has 3 rings (SSSR count). The Labute approximate surface area is 137 Å². The number of carbonyl (C=O) groups excluding carboxylic acids is 1. The van der Waals surface area contributed by atoms with Crippen LogP contribution in [0.3, 0.4) is 0 Å². The first-order valence-corrected chi connectivity index (χ1v) is 7.20. The monoisotopic (exact) mass is 326 g/mol. The number of halogens is 1. The zero-order valence-corrected chi connectivity index (χ0v) is 13.1. The number of amides is 2. The van der Waals surface area contributed by atoms with Crippen LogP contribution in [-0.2, 0) is 0 Å². The van der Waals surface area contributed by atoms with Crippen LogP contribution >= 0.6 is 0 Å². The lowest BCUT2D eigenvalue weighted by Gasteiger charge is -2.08. The molecule has 8 heteroatoms. The SMILES string of the molecule is Cc1ncn(-c2ncc(NC(=O)Nc3ccccc3F)cn2)c1C. The number of urea groups is 1. The smallest absolute Gasteiger partial charge is 0.305 e. The van der Waals surface area contributed by atoms with E-state index < -0.39 is 11.8 Å². The summed E-state index contributed by atoms with van der Waals surface area (Å²) in [6.07, 6.45) is 4.58. The average Bonchev–Trinajstić information content (AvgIpc) is 2.90. The van der Waals surface area contributed by atoms with Gasteiger partial charge in [-0.1, -0.05) is 12.1 Å². The van der Waals surface area contributed by atoms with E-state index in [1.165, 1.54) is 24.5 Å². The third-order valence-electron chi connectivity index (χ3n) is 3.49. The molecule has 0 bridgehead atoms. The standard InChI is InChI=1S/C16H15FN6O/c1-10-11(2)23(9-20-10)15-18-7-12(8-19-15)21-16(24)22-14-6-4-3-5-13(14)17/h3-9H,1-2H3,(H2,21,22,24). The Morgan fingerprint density at radius 1 is 1.08 bits per heavy atom. The maximum absolute atomic E-state index is 13.5. The number of nitrogens with zero attached hydrogens (tertiary/aromatic N) is 4. The number of rotatable bonds is 3. The van der Waals surface area contributed by atoms with Crippen molar-refractivity contribution in [1.29, 1.82) is 0 Å². The fourth-order valence-electron chi connectivity index (χ4n) is 2.06. The molecule has 1 aromatic carbocycles. The summed E-state index contributed by atoms with van der Waals surface area (Å²) in [5, 5.41) is 4.97. The van der Waals surface area contributed by atoms with Crippen LogP contribution in [0.4, 0.5) is 20.6 Å². The molecule has 0 aliphatic rings. The van der Waals surface area contributed by atoms with E-state index in [9.17, 15) is 9.18 Å². The zero-order chi connectivity index (χ0) is 17.1. The maximum atomic E-state index is 13.5. The molecule has 0 saturated heterocycles. The minimum Gasteiger partial charge on any atom is -0.305 e. The Hall–Kier alpha value is -3.29. The number of para-hydroxylation sites is 1. The van der Waals surface area contributed by atoms with E-state index in [-0.39, 0.29) is 5.69 Å². The van der Waals surface area contributed by atoms with Crippen molar-refractivity contribution >= 4 is 17.4 Å². The number of hydrogen-bond donors (Lipinski definition) is 2. The topological polar surface area (TPSA) is 84.7 Å². The van der Waals surface area contributed by atoms with Crippen molar-refractivity contribution in [3.8, 4) is 5.95 Å². The summed E-state index contributed by atoms with van der Waals surface area (Å²) in [6, 6.07) is 5.34. The van der Waals surface area contributed by atoms with E-state index >= 15 is 0 Å². The highest BCUT2D eigenvalue weighted by Crippen LogP contribution is 2.14. The highest BCUT2D eigenvalue weighted by Gasteiger charge is 2.09. The number of imidazole rings is 1. The number of anilines is 2. The van der Waals surface area contributed by atoms with E-state index in [4.69, 9.17) is 0 Å². The first-order chi connectivity index (χ1) is 11.5. The summed E-state index contributed by atoms with van der Waals surface area (Å²) < 4.78 is 15.2. The Bertz CT molecular complexity index is 875. The van der Waals surface area contributed by atoms with Gasteiger partial charge in [0.25, 0.3) is 0 Å². The minimum atomic E-state index is -0.578. The van der Waals surface area contributed by atoms with Crippen LogP contribution in [0.2, 0.25) is 0 Å². The molecule has 0 fully saturated rings. The average molecular weight is 326 g/mol. The van der Waals surface area contributed by atoms with Crippen molar-refractivity contribution in [2.45, 2.75) is 13.8 Å². The van der Waals surface area contributed by atoms with E-state index in [0.717, 1.165) is 11.4 Å². The second kappa shape index (κ2) is 6.45. The van der Waals surface area contributed by atoms with Crippen LogP contribution < -0.4 is 10.6 Å². The molecule has 0 radical (unpaired) electrons. The van der Waals surface area contributed by atoms with Crippen molar-refractivity contribution < 1.29 is 9.18 Å². The van der Waals surface area contributed by atoms with Gasteiger partial charge in [-0.25, -0.2) is 24.1 Å². The highest BCUT2D eigenvalue weighted by molar-refractivity contribution is 5.99. The lowest BCUT2D eigenvalue weighted by Crippen LogP contribution is -2.20. The minimum absolute atomic E-state index is 0.0945. The van der Waals surface area contributed by atoms with E-state index in [1.807, 2.05) is 13.8 Å². The molecular weight excluding hydrogens is 311 g/mol. The van der Waals surface area contributed by atoms with Gasteiger partial charge in [0.15, 0.2) is 0 Å². The first kappa shape index (κ1) is 15.6. The van der Waals surface area contributed by atoms with Crippen molar-refractivity contribution in [3.63, 3.8) is 0 Å². The van der Waals surface area contributed by atoms with Gasteiger partial charge in [-0.2, -0.15) is 0 Å². The molecule has 0 saturated carbocycles. The summed E-state index contributed by atoms with van der Waals surface area (Å²) in [5.41, 5.74) is 2.32. The fourth-order valence-corrected chi connectivity index (χ4v) is 2.06. The molecule has 2 amide bonds. The molecule has 0 aliphatic carbocycles. The van der Waals surface area contributed by atoms with Gasteiger partial charge in [-0.15, -0.1) is 0 Å². The van der Waals surface area contributed by atoms with Gasteiger partial charge in [0.1, 0.15) is 12.1 Å². The van der Waals surface area contributed by atoms with Crippen LogP contribution in [0.1, 0.15) is 11.4 Å². The molecular formula is C16H15FN6O. The fraction of sp³-hybridized carbons (Fsp3) is 0.125. The van der Waals surface area contributed by atoms with E-state index in [0.29, 0.717) is 11.6 Å². The largest absolute Gasteiger partial charge is 0.323 e. The second-order valence-corrected chi connectivity index (χ2v) is 5.12. The lowest BCUT2D eigenvalue weighted by atomic mass is 10.3. The molecule has 0 unspecified atom stereocenters. The molecule has 2 N–H and O–H groups in total. The molecule has 3 aromatic rings. The predicted molar refractivity (Wildman–Crippen MR) is 87.7 cm³/mol. The van der Waals surface area contributed by atoms with Crippen LogP contribution in [0.25, 0.3) is 5.95 Å². The van der Waals surface area contributed by atoms with Crippen molar-refractivity contribution in [2.75, 3.05) is 10.6 Å². The van der Waals surface area contributed by atoms with Crippen LogP contribution in [-0.4, -0.2) is 25.6 Å². The zero-order valence-electron chi connectivity index (χ0n) is 13.1. The second-order valence-electron chi connectivity index (χ2n) is 5.12. The summed E-state index contributed by atoms with van der Waals surface area (Å²) in [4.78, 5) is 24.5. The maximum Gasteiger partial charge on any atom is 0.323 e. The van der Waals surface area contributed by atoms with Crippen molar-refractivity contribution in [1.82, 2.24) is 19.5 Å². The number of hydrogen-bond acceptors (Lipinski definition) is 4. The number of nitrogens with one attached hydrogen (secondary N) is 2. The quantitative estimate of drug-likeness (QED) is 0.774. The van der Waals surface area contributed by atoms with Crippen molar-refractivity contribution in [3.05, 3.63) is 60.2 Å². The van der Waals surface area contributed by atoms with Gasteiger partial charge in [0.05, 0.1) is 29.5 Å². The molecule has 2 heterocycles. The summed E-state index contributed by atoms with van der Waals surface area (Å²) in [7, 11) is 0. The lowest BCUT2D eigenvalue weighted by molar-refractivity contribution is 0.262. The first-order valence-electron chi connectivity index (χ1n) is 7.20. The molecule has 0 spiro atoms. The van der Waals surface area contributed by atoms with Gasteiger partial charge in [-0.3, -0.25) is 4.57 Å². The Kier molecular flexibility index (Phi) is 4.19. The molecule has 24 heavy (non-hydrogen) atoms. The molecule has 0 aliphatic heterocycles. The summed E-state index contributed by atoms with van der Waals surface area (Å²) in [5.74, 6) is -0.0571. The Balaban J connectivity index is 1.69. The van der Waals surface area contributed by atoms with Crippen LogP contribution in [0, 0.1) is 19.7 Å². The third-order valence-corrected chi connectivity index (χ3v) is 3.49. The number of benzene rings is 1. The van der Waals surface area contributed by atoms with Gasteiger partial charge in [-0.05, 0) is 26.0 Å². The predicted octanol–water partition coefficient (Wildman–Crippen LogP) is 3.06. The molecule has 0 atom stereocenters. The normalized spacial score (nSPS) is 10.5. The molecule has 122 valence electrons. The van der Waals surface area contributed by atoms with Gasteiger partial charge in [0, 0.05) is 5.69 Å². The van der Waals surface area contributed by atoms with Gasteiger partial charge < -0.3 is 10.6 Å². The van der Waals surface area contributed by atoms with Gasteiger partial charge in [0.2, 0.25) is 5.95 Å². The number of carbonyl (C=O) groups is 1. The molecule has 2 aromatic heterocycles. The molecule has 7 nitrogen and oxygen atoms in total. The van der Waals surface area contributed by atoms with Crippen molar-refractivity contribution in [2.24, 2.45) is 0 Å². The number of aryl methyl sites for hydroxylation is 1. The van der Waals surface area contributed by atoms with Gasteiger partial charge >= 0.3 is 6.03 Å². The Morgan fingerprint density at radius 2 is 1.79 bits per heavy atom. The number of aromatic nitrogens is 4. The third kappa shape index (κ3) is 3.22. The van der Waals surface area contributed by atoms with E-state index in [2.05, 4.69) is 25.6 Å². The Morgan fingerprint density at radius 3 is 2.42 bits per heavy atom. The highest BCUT2D eigenvalue weighted by atomic mass is 19.1. The van der Waals surface area contributed by atoms with E-state index in [1.54, 1.807) is 23.0 Å². The van der Waals surface area contributed by atoms with Crippen LogP contribution in [0.5, 0.6) is 0 Å².